The number of amides is 1. The van der Waals surface area contributed by atoms with Crippen LogP contribution < -0.4 is 14.8 Å². The molecule has 0 bridgehead atoms. The molecule has 0 spiro atoms. The molecule has 1 aliphatic rings. The molecule has 2 aromatic rings. The van der Waals surface area contributed by atoms with E-state index in [1.807, 2.05) is 6.07 Å². The third-order valence-electron chi connectivity index (χ3n) is 5.12. The van der Waals surface area contributed by atoms with Crippen molar-refractivity contribution < 1.29 is 14.3 Å². The summed E-state index contributed by atoms with van der Waals surface area (Å²) < 4.78 is 10.6. The fraction of sp³-hybridized carbons (Fsp3) is 0.435. The molecular weight excluding hydrogens is 352 g/mol. The molecule has 0 unspecified atom stereocenters. The van der Waals surface area contributed by atoms with Crippen LogP contribution in [0.1, 0.15) is 43.7 Å². The Morgan fingerprint density at radius 1 is 1.11 bits per heavy atom. The van der Waals surface area contributed by atoms with Gasteiger partial charge in [-0.25, -0.2) is 0 Å². The average Bonchev–Trinajstić information content (AvgIpc) is 3.53. The highest BCUT2D eigenvalue weighted by Crippen LogP contribution is 2.30. The Hall–Kier alpha value is -2.53. The number of rotatable bonds is 9. The number of methoxy groups -OCH3 is 2. The smallest absolute Gasteiger partial charge is 0.238 e. The van der Waals surface area contributed by atoms with E-state index in [-0.39, 0.29) is 5.91 Å². The molecule has 1 N–H and O–H groups in total. The lowest BCUT2D eigenvalue weighted by atomic mass is 10.0. The van der Waals surface area contributed by atoms with Crippen molar-refractivity contribution in [3.63, 3.8) is 0 Å². The molecule has 2 aromatic carbocycles. The van der Waals surface area contributed by atoms with Gasteiger partial charge in [0.2, 0.25) is 5.91 Å². The molecule has 5 nitrogen and oxygen atoms in total. The number of carbonyl (C=O) groups is 1. The van der Waals surface area contributed by atoms with Gasteiger partial charge in [0.05, 0.1) is 26.5 Å². The van der Waals surface area contributed by atoms with Gasteiger partial charge < -0.3 is 14.8 Å². The zero-order chi connectivity index (χ0) is 20.1. The van der Waals surface area contributed by atoms with Gasteiger partial charge in [-0.2, -0.15) is 0 Å². The maximum absolute atomic E-state index is 12.7. The van der Waals surface area contributed by atoms with Crippen molar-refractivity contribution >= 4 is 11.6 Å². The van der Waals surface area contributed by atoms with E-state index in [1.165, 1.54) is 11.1 Å². The molecule has 1 fully saturated rings. The van der Waals surface area contributed by atoms with Crippen LogP contribution in [-0.4, -0.2) is 37.6 Å². The van der Waals surface area contributed by atoms with Gasteiger partial charge in [-0.3, -0.25) is 9.69 Å². The van der Waals surface area contributed by atoms with Gasteiger partial charge in [0.15, 0.2) is 0 Å². The molecule has 1 aliphatic carbocycles. The maximum Gasteiger partial charge on any atom is 0.238 e. The monoisotopic (exact) mass is 382 g/mol. The largest absolute Gasteiger partial charge is 0.497 e. The average molecular weight is 383 g/mol. The fourth-order valence-corrected chi connectivity index (χ4v) is 3.28. The van der Waals surface area contributed by atoms with E-state index in [1.54, 1.807) is 26.4 Å². The zero-order valence-electron chi connectivity index (χ0n) is 17.2. The molecule has 3 rings (SSSR count). The Morgan fingerprint density at radius 3 is 2.39 bits per heavy atom. The Kier molecular flexibility index (Phi) is 6.57. The van der Waals surface area contributed by atoms with Crippen LogP contribution in [0, 0.1) is 0 Å². The number of ether oxygens (including phenoxy) is 2. The normalized spacial score (nSPS) is 13.6. The topological polar surface area (TPSA) is 50.8 Å². The van der Waals surface area contributed by atoms with Gasteiger partial charge >= 0.3 is 0 Å². The summed E-state index contributed by atoms with van der Waals surface area (Å²) in [5.41, 5.74) is 3.21. The third kappa shape index (κ3) is 5.26. The number of nitrogens with one attached hydrogen (secondary N) is 1. The van der Waals surface area contributed by atoms with Crippen molar-refractivity contribution in [1.82, 2.24) is 4.90 Å². The summed E-state index contributed by atoms with van der Waals surface area (Å²) in [4.78, 5) is 15.0. The SMILES string of the molecule is COc1ccc(OC)c(NC(=O)CN(Cc2ccc(C(C)C)cc2)C2CC2)c1. The van der Waals surface area contributed by atoms with Crippen molar-refractivity contribution in [1.29, 1.82) is 0 Å². The summed E-state index contributed by atoms with van der Waals surface area (Å²) in [7, 11) is 3.20. The van der Waals surface area contributed by atoms with Crippen LogP contribution in [0.25, 0.3) is 0 Å². The quantitative estimate of drug-likeness (QED) is 0.697. The van der Waals surface area contributed by atoms with Crippen LogP contribution >= 0.6 is 0 Å². The number of nitrogens with zero attached hydrogens (tertiary/aromatic N) is 1. The van der Waals surface area contributed by atoms with Gasteiger partial charge in [-0.15, -0.1) is 0 Å². The zero-order valence-corrected chi connectivity index (χ0v) is 17.2. The molecule has 0 atom stereocenters. The molecule has 5 heteroatoms. The van der Waals surface area contributed by atoms with Crippen molar-refractivity contribution in [2.75, 3.05) is 26.1 Å². The summed E-state index contributed by atoms with van der Waals surface area (Å²) in [6, 6.07) is 14.6. The van der Waals surface area contributed by atoms with Gasteiger partial charge in [0, 0.05) is 18.7 Å². The number of carbonyl (C=O) groups excluding carboxylic acids is 1. The van der Waals surface area contributed by atoms with Crippen LogP contribution in [0.3, 0.4) is 0 Å². The van der Waals surface area contributed by atoms with Gasteiger partial charge in [-0.05, 0) is 42.0 Å². The second kappa shape index (κ2) is 9.11. The highest BCUT2D eigenvalue weighted by atomic mass is 16.5. The summed E-state index contributed by atoms with van der Waals surface area (Å²) in [5.74, 6) is 1.78. The molecule has 1 saturated carbocycles. The Bertz CT molecular complexity index is 798. The molecule has 0 aromatic heterocycles. The Balaban J connectivity index is 1.65. The van der Waals surface area contributed by atoms with E-state index >= 15 is 0 Å². The van der Waals surface area contributed by atoms with E-state index < -0.39 is 0 Å². The van der Waals surface area contributed by atoms with Crippen LogP contribution in [-0.2, 0) is 11.3 Å². The second-order valence-corrected chi connectivity index (χ2v) is 7.65. The molecule has 1 amide bonds. The van der Waals surface area contributed by atoms with Gasteiger partial charge in [0.1, 0.15) is 11.5 Å². The Labute approximate surface area is 167 Å². The van der Waals surface area contributed by atoms with E-state index in [4.69, 9.17) is 9.47 Å². The lowest BCUT2D eigenvalue weighted by molar-refractivity contribution is -0.117. The van der Waals surface area contributed by atoms with Crippen molar-refractivity contribution in [2.45, 2.75) is 45.2 Å². The van der Waals surface area contributed by atoms with Gasteiger partial charge in [0.25, 0.3) is 0 Å². The first kappa shape index (κ1) is 20.2. The molecule has 0 aliphatic heterocycles. The molecule has 150 valence electrons. The van der Waals surface area contributed by atoms with E-state index in [0.29, 0.717) is 35.7 Å². The number of anilines is 1. The predicted molar refractivity (Wildman–Crippen MR) is 112 cm³/mol. The van der Waals surface area contributed by atoms with Gasteiger partial charge in [-0.1, -0.05) is 38.1 Å². The third-order valence-corrected chi connectivity index (χ3v) is 5.12. The van der Waals surface area contributed by atoms with Crippen LogP contribution in [0.2, 0.25) is 0 Å². The van der Waals surface area contributed by atoms with E-state index in [0.717, 1.165) is 19.4 Å². The molecule has 0 heterocycles. The lowest BCUT2D eigenvalue weighted by Crippen LogP contribution is -2.34. The Morgan fingerprint density at radius 2 is 1.82 bits per heavy atom. The standard InChI is InChI=1S/C23H30N2O3/c1-16(2)18-7-5-17(6-8-18)14-25(19-9-10-19)15-23(26)24-21-13-20(27-3)11-12-22(21)28-4/h5-8,11-13,16,19H,9-10,14-15H2,1-4H3,(H,24,26). The first-order valence-corrected chi connectivity index (χ1v) is 9.85. The minimum atomic E-state index is -0.0442. The highest BCUT2D eigenvalue weighted by molar-refractivity contribution is 5.94. The first-order valence-electron chi connectivity index (χ1n) is 9.85. The summed E-state index contributed by atoms with van der Waals surface area (Å²) in [6.07, 6.45) is 2.31. The highest BCUT2D eigenvalue weighted by Gasteiger charge is 2.30. The first-order chi connectivity index (χ1) is 13.5. The number of hydrogen-bond acceptors (Lipinski definition) is 4. The predicted octanol–water partition coefficient (Wildman–Crippen LogP) is 4.43. The number of hydrogen-bond donors (Lipinski definition) is 1. The van der Waals surface area contributed by atoms with Crippen LogP contribution in [0.4, 0.5) is 5.69 Å². The second-order valence-electron chi connectivity index (χ2n) is 7.65. The number of benzene rings is 2. The fourth-order valence-electron chi connectivity index (χ4n) is 3.28. The maximum atomic E-state index is 12.7. The van der Waals surface area contributed by atoms with Crippen molar-refractivity contribution in [2.24, 2.45) is 0 Å². The molecule has 0 radical (unpaired) electrons. The van der Waals surface area contributed by atoms with E-state index in [9.17, 15) is 4.79 Å². The molecule has 0 saturated heterocycles. The molecule has 28 heavy (non-hydrogen) atoms. The van der Waals surface area contributed by atoms with Crippen molar-refractivity contribution in [3.05, 3.63) is 53.6 Å². The van der Waals surface area contributed by atoms with Crippen molar-refractivity contribution in [3.8, 4) is 11.5 Å². The van der Waals surface area contributed by atoms with Crippen LogP contribution in [0.15, 0.2) is 42.5 Å². The summed E-state index contributed by atoms with van der Waals surface area (Å²) >= 11 is 0. The minimum absolute atomic E-state index is 0.0442. The molecular formula is C23H30N2O3. The summed E-state index contributed by atoms with van der Waals surface area (Å²) in [6.45, 7) is 5.54. The lowest BCUT2D eigenvalue weighted by Gasteiger charge is -2.22. The summed E-state index contributed by atoms with van der Waals surface area (Å²) in [5, 5.41) is 2.97. The van der Waals surface area contributed by atoms with Crippen LogP contribution in [0.5, 0.6) is 11.5 Å². The van der Waals surface area contributed by atoms with E-state index in [2.05, 4.69) is 48.3 Å². The minimum Gasteiger partial charge on any atom is -0.497 e.